The minimum absolute atomic E-state index is 0.129. The molecular weight excluding hydrogens is 353 g/mol. The molecule has 0 spiro atoms. The molecule has 0 saturated carbocycles. The number of carbonyl (C=O) groups is 1. The Hall–Kier alpha value is -2.21. The number of nitrogens with zero attached hydrogens (tertiary/aromatic N) is 1. The summed E-state index contributed by atoms with van der Waals surface area (Å²) >= 11 is 0. The molecule has 1 aliphatic heterocycles. The summed E-state index contributed by atoms with van der Waals surface area (Å²) in [5.74, 6) is 0.105. The highest BCUT2D eigenvalue weighted by Crippen LogP contribution is 2.23. The van der Waals surface area contributed by atoms with Crippen LogP contribution in [0.2, 0.25) is 0 Å². The fourth-order valence-electron chi connectivity index (χ4n) is 3.34. The van der Waals surface area contributed by atoms with E-state index in [-0.39, 0.29) is 16.6 Å². The van der Waals surface area contributed by atoms with Crippen molar-refractivity contribution in [1.82, 2.24) is 4.90 Å². The van der Waals surface area contributed by atoms with Crippen molar-refractivity contribution in [2.75, 3.05) is 19.3 Å². The minimum Gasteiger partial charge on any atom is -0.339 e. The van der Waals surface area contributed by atoms with Crippen LogP contribution in [-0.2, 0) is 16.3 Å². The van der Waals surface area contributed by atoms with Gasteiger partial charge in [0.2, 0.25) is 0 Å². The molecule has 1 saturated heterocycles. The first-order valence-corrected chi connectivity index (χ1v) is 10.6. The van der Waals surface area contributed by atoms with E-state index in [0.29, 0.717) is 24.6 Å². The van der Waals surface area contributed by atoms with Crippen LogP contribution in [0.3, 0.4) is 0 Å². The van der Waals surface area contributed by atoms with Gasteiger partial charge in [0.1, 0.15) is 5.82 Å². The second-order valence-electron chi connectivity index (χ2n) is 6.87. The minimum atomic E-state index is -3.33. The summed E-state index contributed by atoms with van der Waals surface area (Å²) in [6.07, 6.45) is 3.78. The van der Waals surface area contributed by atoms with Crippen LogP contribution in [0.1, 0.15) is 28.8 Å². The van der Waals surface area contributed by atoms with Crippen LogP contribution >= 0.6 is 0 Å². The molecule has 2 aromatic rings. The third-order valence-corrected chi connectivity index (χ3v) is 5.96. The normalized spacial score (nSPS) is 15.8. The Balaban J connectivity index is 1.61. The summed E-state index contributed by atoms with van der Waals surface area (Å²) in [5.41, 5.74) is 1.52. The van der Waals surface area contributed by atoms with Crippen molar-refractivity contribution < 1.29 is 17.6 Å². The molecule has 0 aliphatic carbocycles. The van der Waals surface area contributed by atoms with E-state index in [0.717, 1.165) is 31.1 Å². The summed E-state index contributed by atoms with van der Waals surface area (Å²) in [6, 6.07) is 12.8. The number of benzene rings is 2. The van der Waals surface area contributed by atoms with Crippen molar-refractivity contribution in [3.05, 3.63) is 65.5 Å². The molecule has 1 amide bonds. The first kappa shape index (κ1) is 18.6. The van der Waals surface area contributed by atoms with Gasteiger partial charge in [-0.3, -0.25) is 4.79 Å². The van der Waals surface area contributed by atoms with E-state index in [1.54, 1.807) is 17.0 Å². The quantitative estimate of drug-likeness (QED) is 0.824. The highest BCUT2D eigenvalue weighted by atomic mass is 32.2. The smallest absolute Gasteiger partial charge is 0.253 e. The molecule has 6 heteroatoms. The Kier molecular flexibility index (Phi) is 5.41. The van der Waals surface area contributed by atoms with Crippen LogP contribution in [-0.4, -0.2) is 38.6 Å². The molecule has 0 radical (unpaired) electrons. The maximum absolute atomic E-state index is 13.0. The molecule has 4 nitrogen and oxygen atoms in total. The lowest BCUT2D eigenvalue weighted by Crippen LogP contribution is -2.39. The van der Waals surface area contributed by atoms with E-state index in [4.69, 9.17) is 0 Å². The van der Waals surface area contributed by atoms with Crippen molar-refractivity contribution in [2.24, 2.45) is 5.92 Å². The largest absolute Gasteiger partial charge is 0.339 e. The zero-order valence-electron chi connectivity index (χ0n) is 14.7. The second-order valence-corrected chi connectivity index (χ2v) is 8.88. The fraction of sp³-hybridized carbons (Fsp3) is 0.350. The average Bonchev–Trinajstić information content (AvgIpc) is 2.63. The fourth-order valence-corrected chi connectivity index (χ4v) is 4.00. The summed E-state index contributed by atoms with van der Waals surface area (Å²) in [7, 11) is -3.33. The number of hydrogen-bond acceptors (Lipinski definition) is 3. The molecule has 0 bridgehead atoms. The lowest BCUT2D eigenvalue weighted by molar-refractivity contribution is 0.0690. The summed E-state index contributed by atoms with van der Waals surface area (Å²) in [6.45, 7) is 1.29. The highest BCUT2D eigenvalue weighted by Gasteiger charge is 2.24. The van der Waals surface area contributed by atoms with Gasteiger partial charge in [-0.2, -0.15) is 0 Å². The van der Waals surface area contributed by atoms with E-state index in [2.05, 4.69) is 0 Å². The van der Waals surface area contributed by atoms with Crippen LogP contribution in [0, 0.1) is 11.7 Å². The van der Waals surface area contributed by atoms with Gasteiger partial charge in [-0.15, -0.1) is 0 Å². The molecule has 1 heterocycles. The van der Waals surface area contributed by atoms with Crippen LogP contribution in [0.15, 0.2) is 53.4 Å². The van der Waals surface area contributed by atoms with Crippen molar-refractivity contribution in [3.63, 3.8) is 0 Å². The monoisotopic (exact) mass is 375 g/mol. The molecule has 1 aliphatic rings. The van der Waals surface area contributed by atoms with E-state index in [9.17, 15) is 17.6 Å². The number of halogens is 1. The van der Waals surface area contributed by atoms with Crippen LogP contribution in [0.4, 0.5) is 4.39 Å². The number of hydrogen-bond donors (Lipinski definition) is 0. The lowest BCUT2D eigenvalue weighted by Gasteiger charge is -2.32. The third-order valence-electron chi connectivity index (χ3n) is 4.85. The number of carbonyl (C=O) groups excluding carboxylic acids is 1. The van der Waals surface area contributed by atoms with Gasteiger partial charge in [0.15, 0.2) is 9.84 Å². The zero-order chi connectivity index (χ0) is 18.7. The summed E-state index contributed by atoms with van der Waals surface area (Å²) in [5, 5.41) is 0. The highest BCUT2D eigenvalue weighted by molar-refractivity contribution is 7.90. The average molecular weight is 375 g/mol. The van der Waals surface area contributed by atoms with E-state index >= 15 is 0 Å². The molecule has 1 fully saturated rings. The molecule has 0 N–H and O–H groups in total. The van der Waals surface area contributed by atoms with Gasteiger partial charge in [-0.25, -0.2) is 12.8 Å². The van der Waals surface area contributed by atoms with E-state index in [1.807, 2.05) is 12.1 Å². The number of likely N-dealkylation sites (tertiary alicyclic amines) is 1. The topological polar surface area (TPSA) is 54.5 Å². The van der Waals surface area contributed by atoms with Crippen molar-refractivity contribution in [1.29, 1.82) is 0 Å². The van der Waals surface area contributed by atoms with E-state index in [1.165, 1.54) is 24.3 Å². The first-order chi connectivity index (χ1) is 12.3. The third kappa shape index (κ3) is 4.49. The van der Waals surface area contributed by atoms with Crippen molar-refractivity contribution >= 4 is 15.7 Å². The molecule has 2 aromatic carbocycles. The Morgan fingerprint density at radius 1 is 1.12 bits per heavy atom. The van der Waals surface area contributed by atoms with Gasteiger partial charge in [-0.1, -0.05) is 18.2 Å². The van der Waals surface area contributed by atoms with Gasteiger partial charge in [0.25, 0.3) is 5.91 Å². The van der Waals surface area contributed by atoms with Crippen LogP contribution in [0.5, 0.6) is 0 Å². The number of rotatable bonds is 4. The van der Waals surface area contributed by atoms with Gasteiger partial charge in [0, 0.05) is 24.9 Å². The molecule has 26 heavy (non-hydrogen) atoms. The second kappa shape index (κ2) is 7.58. The lowest BCUT2D eigenvalue weighted by atomic mass is 9.90. The van der Waals surface area contributed by atoms with Crippen molar-refractivity contribution in [2.45, 2.75) is 24.2 Å². The zero-order valence-corrected chi connectivity index (χ0v) is 15.5. The Bertz CT molecular complexity index is 886. The summed E-state index contributed by atoms with van der Waals surface area (Å²) < 4.78 is 36.3. The maximum Gasteiger partial charge on any atom is 0.253 e. The molecule has 0 unspecified atom stereocenters. The van der Waals surface area contributed by atoms with Gasteiger partial charge < -0.3 is 4.90 Å². The van der Waals surface area contributed by atoms with Crippen LogP contribution in [0.25, 0.3) is 0 Å². The van der Waals surface area contributed by atoms with Gasteiger partial charge in [0.05, 0.1) is 4.90 Å². The van der Waals surface area contributed by atoms with Crippen molar-refractivity contribution in [3.8, 4) is 0 Å². The number of amides is 1. The molecule has 138 valence electrons. The predicted octanol–water partition coefficient (Wildman–Crippen LogP) is 3.32. The molecule has 0 atom stereocenters. The van der Waals surface area contributed by atoms with Crippen LogP contribution < -0.4 is 0 Å². The molecular formula is C20H22FNO3S. The number of piperidine rings is 1. The Morgan fingerprint density at radius 3 is 2.38 bits per heavy atom. The standard InChI is InChI=1S/C20H22FNO3S/c1-26(24,25)19-4-2-3-17(14-19)20(23)22-11-9-16(10-12-22)13-15-5-7-18(21)8-6-15/h2-8,14,16H,9-13H2,1H3. The molecule has 3 rings (SSSR count). The predicted molar refractivity (Wildman–Crippen MR) is 98.3 cm³/mol. The van der Waals surface area contributed by atoms with E-state index < -0.39 is 9.84 Å². The first-order valence-electron chi connectivity index (χ1n) is 8.67. The van der Waals surface area contributed by atoms with Gasteiger partial charge in [-0.05, 0) is 61.1 Å². The Morgan fingerprint density at radius 2 is 1.77 bits per heavy atom. The SMILES string of the molecule is CS(=O)(=O)c1cccc(C(=O)N2CCC(Cc3ccc(F)cc3)CC2)c1. The number of sulfone groups is 1. The Labute approximate surface area is 153 Å². The summed E-state index contributed by atoms with van der Waals surface area (Å²) in [4.78, 5) is 14.6. The van der Waals surface area contributed by atoms with Gasteiger partial charge >= 0.3 is 0 Å². The maximum atomic E-state index is 13.0. The molecule has 0 aromatic heterocycles.